The van der Waals surface area contributed by atoms with Crippen molar-refractivity contribution in [3.05, 3.63) is 0 Å². The lowest BCUT2D eigenvalue weighted by Crippen LogP contribution is -2.30. The van der Waals surface area contributed by atoms with Gasteiger partial charge in [0.1, 0.15) is 0 Å². The Balaban J connectivity index is 2.01. The van der Waals surface area contributed by atoms with Crippen LogP contribution in [0.2, 0.25) is 0 Å². The second kappa shape index (κ2) is 2.98. The fourth-order valence-electron chi connectivity index (χ4n) is 2.83. The van der Waals surface area contributed by atoms with Crippen molar-refractivity contribution in [1.29, 1.82) is 0 Å². The summed E-state index contributed by atoms with van der Waals surface area (Å²) in [7, 11) is 0. The number of nitrogens with zero attached hydrogens (tertiary/aromatic N) is 1. The number of rotatable bonds is 0. The zero-order valence-corrected chi connectivity index (χ0v) is 8.25. The summed E-state index contributed by atoms with van der Waals surface area (Å²) in [5.74, 6) is 0.220. The third-order valence-electron chi connectivity index (χ3n) is 3.62. The summed E-state index contributed by atoms with van der Waals surface area (Å²) in [5.41, 5.74) is 6.30. The Morgan fingerprint density at radius 3 is 2.77 bits per heavy atom. The van der Waals surface area contributed by atoms with Crippen LogP contribution in [0, 0.1) is 5.41 Å². The van der Waals surface area contributed by atoms with Crippen molar-refractivity contribution in [3.63, 3.8) is 0 Å². The monoisotopic (exact) mass is 182 g/mol. The van der Waals surface area contributed by atoms with Crippen LogP contribution in [-0.4, -0.2) is 29.9 Å². The summed E-state index contributed by atoms with van der Waals surface area (Å²) < 4.78 is 0. The summed E-state index contributed by atoms with van der Waals surface area (Å²) >= 11 is 0. The lowest BCUT2D eigenvalue weighted by molar-refractivity contribution is -0.128. The molecule has 2 N–H and O–H groups in total. The van der Waals surface area contributed by atoms with Gasteiger partial charge in [-0.25, -0.2) is 0 Å². The maximum Gasteiger partial charge on any atom is 0.219 e. The van der Waals surface area contributed by atoms with Crippen LogP contribution in [0.3, 0.4) is 0 Å². The van der Waals surface area contributed by atoms with Gasteiger partial charge in [0.15, 0.2) is 0 Å². The first-order valence-corrected chi connectivity index (χ1v) is 5.12. The van der Waals surface area contributed by atoms with Gasteiger partial charge in [-0.05, 0) is 31.1 Å². The Kier molecular flexibility index (Phi) is 2.06. The van der Waals surface area contributed by atoms with Crippen LogP contribution in [0.25, 0.3) is 0 Å². The van der Waals surface area contributed by atoms with Crippen molar-refractivity contribution in [2.24, 2.45) is 11.1 Å². The highest BCUT2D eigenvalue weighted by Crippen LogP contribution is 2.44. The molecule has 0 bridgehead atoms. The summed E-state index contributed by atoms with van der Waals surface area (Å²) in [6, 6.07) is 0.381. The first kappa shape index (κ1) is 9.00. The summed E-state index contributed by atoms with van der Waals surface area (Å²) in [6.07, 6.45) is 4.65. The van der Waals surface area contributed by atoms with E-state index < -0.39 is 0 Å². The first-order chi connectivity index (χ1) is 6.11. The zero-order chi connectivity index (χ0) is 9.47. The van der Waals surface area contributed by atoms with Gasteiger partial charge in [0.25, 0.3) is 0 Å². The molecule has 3 heteroatoms. The van der Waals surface area contributed by atoms with Crippen LogP contribution in [0.1, 0.15) is 32.6 Å². The molecule has 0 radical (unpaired) electrons. The smallest absolute Gasteiger partial charge is 0.219 e. The maximum absolute atomic E-state index is 11.2. The summed E-state index contributed by atoms with van der Waals surface area (Å²) in [4.78, 5) is 13.1. The second-order valence-electron chi connectivity index (χ2n) is 4.69. The van der Waals surface area contributed by atoms with Gasteiger partial charge in [0.05, 0.1) is 0 Å². The fraction of sp³-hybridized carbons (Fsp3) is 0.900. The van der Waals surface area contributed by atoms with Gasteiger partial charge in [-0.1, -0.05) is 0 Å². The molecule has 1 spiro atoms. The summed E-state index contributed by atoms with van der Waals surface area (Å²) in [6.45, 7) is 3.56. The van der Waals surface area contributed by atoms with Crippen molar-refractivity contribution in [1.82, 2.24) is 4.90 Å². The lowest BCUT2D eigenvalue weighted by atomic mass is 9.85. The molecule has 74 valence electrons. The first-order valence-electron chi connectivity index (χ1n) is 5.12. The van der Waals surface area contributed by atoms with E-state index >= 15 is 0 Å². The van der Waals surface area contributed by atoms with Gasteiger partial charge >= 0.3 is 0 Å². The molecule has 0 aromatic heterocycles. The van der Waals surface area contributed by atoms with Crippen LogP contribution < -0.4 is 5.73 Å². The van der Waals surface area contributed by atoms with E-state index in [9.17, 15) is 4.79 Å². The van der Waals surface area contributed by atoms with Crippen molar-refractivity contribution in [2.45, 2.75) is 38.6 Å². The number of amides is 1. The van der Waals surface area contributed by atoms with Gasteiger partial charge in [0.2, 0.25) is 5.91 Å². The topological polar surface area (TPSA) is 46.3 Å². The van der Waals surface area contributed by atoms with Gasteiger partial charge in [-0.2, -0.15) is 0 Å². The third kappa shape index (κ3) is 1.57. The van der Waals surface area contributed by atoms with Gasteiger partial charge in [0, 0.05) is 26.1 Å². The Labute approximate surface area is 79.3 Å². The number of hydrogen-bond acceptors (Lipinski definition) is 2. The molecule has 0 aromatic carbocycles. The van der Waals surface area contributed by atoms with Gasteiger partial charge in [-0.3, -0.25) is 4.79 Å². The van der Waals surface area contributed by atoms with Crippen molar-refractivity contribution >= 4 is 5.91 Å². The molecular formula is C10H18N2O. The maximum atomic E-state index is 11.2. The molecule has 1 saturated carbocycles. The minimum atomic E-state index is 0.220. The van der Waals surface area contributed by atoms with E-state index in [1.165, 1.54) is 12.8 Å². The van der Waals surface area contributed by atoms with E-state index in [0.717, 1.165) is 25.9 Å². The molecule has 2 fully saturated rings. The lowest BCUT2D eigenvalue weighted by Gasteiger charge is -2.23. The molecule has 2 atom stereocenters. The minimum absolute atomic E-state index is 0.220. The Hall–Kier alpha value is -0.570. The molecule has 1 aliphatic carbocycles. The predicted molar refractivity (Wildman–Crippen MR) is 51.1 cm³/mol. The Morgan fingerprint density at radius 2 is 2.31 bits per heavy atom. The fourth-order valence-corrected chi connectivity index (χ4v) is 2.83. The molecule has 0 aromatic rings. The summed E-state index contributed by atoms with van der Waals surface area (Å²) in [5, 5.41) is 0. The highest BCUT2D eigenvalue weighted by molar-refractivity contribution is 5.73. The van der Waals surface area contributed by atoms with Crippen LogP contribution in [0.5, 0.6) is 0 Å². The predicted octanol–water partition coefficient (Wildman–Crippen LogP) is 0.736. The van der Waals surface area contributed by atoms with Crippen LogP contribution in [0.4, 0.5) is 0 Å². The van der Waals surface area contributed by atoms with E-state index in [4.69, 9.17) is 5.73 Å². The largest absolute Gasteiger partial charge is 0.342 e. The molecule has 1 aliphatic heterocycles. The average Bonchev–Trinajstić information content (AvgIpc) is 2.61. The third-order valence-corrected chi connectivity index (χ3v) is 3.62. The molecule has 1 amide bonds. The standard InChI is InChI=1S/C10H18N2O/c1-8(13)12-5-4-10(7-12)3-2-9(11)6-10/h9H,2-7,11H2,1H3/t9-,10+/m0/s1. The van der Waals surface area contributed by atoms with Crippen LogP contribution >= 0.6 is 0 Å². The Bertz CT molecular complexity index is 229. The van der Waals surface area contributed by atoms with E-state index in [1.807, 2.05) is 4.90 Å². The highest BCUT2D eigenvalue weighted by Gasteiger charge is 2.43. The van der Waals surface area contributed by atoms with Crippen molar-refractivity contribution < 1.29 is 4.79 Å². The number of carbonyl (C=O) groups is 1. The number of carbonyl (C=O) groups excluding carboxylic acids is 1. The average molecular weight is 182 g/mol. The van der Waals surface area contributed by atoms with Crippen LogP contribution in [0.15, 0.2) is 0 Å². The van der Waals surface area contributed by atoms with Gasteiger partial charge in [-0.15, -0.1) is 0 Å². The van der Waals surface area contributed by atoms with E-state index in [-0.39, 0.29) is 5.91 Å². The molecule has 1 saturated heterocycles. The van der Waals surface area contributed by atoms with Crippen LogP contribution in [-0.2, 0) is 4.79 Å². The van der Waals surface area contributed by atoms with Crippen molar-refractivity contribution in [2.75, 3.05) is 13.1 Å². The molecule has 1 heterocycles. The van der Waals surface area contributed by atoms with E-state index in [2.05, 4.69) is 0 Å². The molecular weight excluding hydrogens is 164 g/mol. The van der Waals surface area contributed by atoms with Crippen molar-refractivity contribution in [3.8, 4) is 0 Å². The molecule has 13 heavy (non-hydrogen) atoms. The minimum Gasteiger partial charge on any atom is -0.342 e. The molecule has 0 unspecified atom stereocenters. The Morgan fingerprint density at radius 1 is 1.54 bits per heavy atom. The van der Waals surface area contributed by atoms with Gasteiger partial charge < -0.3 is 10.6 Å². The second-order valence-corrected chi connectivity index (χ2v) is 4.69. The highest BCUT2D eigenvalue weighted by atomic mass is 16.2. The normalized spacial score (nSPS) is 38.9. The number of hydrogen-bond donors (Lipinski definition) is 1. The molecule has 2 aliphatic rings. The van der Waals surface area contributed by atoms with E-state index in [1.54, 1.807) is 6.92 Å². The molecule has 2 rings (SSSR count). The quantitative estimate of drug-likeness (QED) is 0.600. The van der Waals surface area contributed by atoms with E-state index in [0.29, 0.717) is 11.5 Å². The number of likely N-dealkylation sites (tertiary alicyclic amines) is 1. The zero-order valence-electron chi connectivity index (χ0n) is 8.25. The molecule has 3 nitrogen and oxygen atoms in total. The number of nitrogens with two attached hydrogens (primary N) is 1. The SMILES string of the molecule is CC(=O)N1CC[C@@]2(CC[C@H](N)C2)C1.